The molecule has 0 amide bonds. The Hall–Kier alpha value is -1.33. The predicted molar refractivity (Wildman–Crippen MR) is 59.9 cm³/mol. The molecular formula is C11H12ClNO. The minimum Gasteiger partial charge on any atom is -0.497 e. The molecule has 0 unspecified atom stereocenters. The summed E-state index contributed by atoms with van der Waals surface area (Å²) in [6, 6.07) is 5.46. The minimum atomic E-state index is 0.587. The summed E-state index contributed by atoms with van der Waals surface area (Å²) < 4.78 is 5.08. The molecule has 0 fully saturated rings. The molecular weight excluding hydrogens is 198 g/mol. The van der Waals surface area contributed by atoms with Gasteiger partial charge in [0.1, 0.15) is 5.75 Å². The van der Waals surface area contributed by atoms with Gasteiger partial charge >= 0.3 is 0 Å². The molecule has 2 nitrogen and oxygen atoms in total. The molecule has 0 aromatic heterocycles. The van der Waals surface area contributed by atoms with E-state index < -0.39 is 0 Å². The van der Waals surface area contributed by atoms with E-state index in [1.165, 1.54) is 0 Å². The third kappa shape index (κ3) is 2.86. The maximum Gasteiger partial charge on any atom is 0.121 e. The van der Waals surface area contributed by atoms with Crippen molar-refractivity contribution in [2.24, 2.45) is 0 Å². The van der Waals surface area contributed by atoms with Crippen LogP contribution in [0.25, 0.3) is 0 Å². The smallest absolute Gasteiger partial charge is 0.121 e. The average Bonchev–Trinajstić information content (AvgIpc) is 2.21. The van der Waals surface area contributed by atoms with Gasteiger partial charge in [0.25, 0.3) is 0 Å². The van der Waals surface area contributed by atoms with E-state index in [1.54, 1.807) is 20.1 Å². The highest BCUT2D eigenvalue weighted by molar-refractivity contribution is 6.33. The number of benzene rings is 1. The molecule has 74 valence electrons. The number of ether oxygens (including phenoxy) is 1. The Morgan fingerprint density at radius 2 is 2.29 bits per heavy atom. The van der Waals surface area contributed by atoms with E-state index in [0.29, 0.717) is 11.6 Å². The second-order valence-corrected chi connectivity index (χ2v) is 3.03. The summed E-state index contributed by atoms with van der Waals surface area (Å²) in [7, 11) is 1.62. The van der Waals surface area contributed by atoms with Crippen LogP contribution in [-0.4, -0.2) is 13.7 Å². The van der Waals surface area contributed by atoms with E-state index in [1.807, 2.05) is 12.1 Å². The highest BCUT2D eigenvalue weighted by atomic mass is 35.5. The molecule has 0 aliphatic rings. The van der Waals surface area contributed by atoms with Gasteiger partial charge in [-0.3, -0.25) is 0 Å². The average molecular weight is 210 g/mol. The molecule has 1 rings (SSSR count). The Morgan fingerprint density at radius 3 is 2.93 bits per heavy atom. The zero-order valence-electron chi connectivity index (χ0n) is 8.23. The number of rotatable bonds is 3. The lowest BCUT2D eigenvalue weighted by Crippen LogP contribution is -1.99. The monoisotopic (exact) mass is 209 g/mol. The molecule has 0 heterocycles. The first kappa shape index (κ1) is 10.7. The fourth-order valence-electron chi connectivity index (χ4n) is 0.995. The molecule has 3 heteroatoms. The zero-order valence-corrected chi connectivity index (χ0v) is 8.98. The molecule has 0 atom stereocenters. The number of nitrogens with one attached hydrogen (secondary N) is 1. The van der Waals surface area contributed by atoms with Crippen LogP contribution in [0.4, 0.5) is 5.69 Å². The Balaban J connectivity index is 2.76. The summed E-state index contributed by atoms with van der Waals surface area (Å²) in [4.78, 5) is 0. The summed E-state index contributed by atoms with van der Waals surface area (Å²) in [5.74, 6) is 6.48. The van der Waals surface area contributed by atoms with Gasteiger partial charge in [-0.05, 0) is 19.1 Å². The van der Waals surface area contributed by atoms with Crippen LogP contribution >= 0.6 is 11.6 Å². The molecule has 0 aliphatic heterocycles. The van der Waals surface area contributed by atoms with Crippen molar-refractivity contribution in [3.63, 3.8) is 0 Å². The first-order valence-corrected chi connectivity index (χ1v) is 4.62. The lowest BCUT2D eigenvalue weighted by molar-refractivity contribution is 0.415. The normalized spacial score (nSPS) is 8.79. The quantitative estimate of drug-likeness (QED) is 0.773. The number of hydrogen-bond donors (Lipinski definition) is 1. The zero-order chi connectivity index (χ0) is 10.4. The molecule has 1 N–H and O–H groups in total. The number of halogens is 1. The number of anilines is 1. The van der Waals surface area contributed by atoms with E-state index in [2.05, 4.69) is 17.2 Å². The van der Waals surface area contributed by atoms with E-state index in [0.717, 1.165) is 11.4 Å². The van der Waals surface area contributed by atoms with Crippen LogP contribution in [0.1, 0.15) is 6.92 Å². The second kappa shape index (κ2) is 5.41. The summed E-state index contributed by atoms with van der Waals surface area (Å²) in [6.07, 6.45) is 0. The standard InChI is InChI=1S/C11H12ClNO/c1-3-4-7-13-11-8-9(14-2)5-6-10(11)12/h5-6,8,13H,7H2,1-2H3. The Morgan fingerprint density at radius 1 is 1.50 bits per heavy atom. The van der Waals surface area contributed by atoms with E-state index in [4.69, 9.17) is 16.3 Å². The molecule has 0 saturated carbocycles. The van der Waals surface area contributed by atoms with Crippen molar-refractivity contribution in [1.82, 2.24) is 0 Å². The summed E-state index contributed by atoms with van der Waals surface area (Å²) >= 11 is 5.97. The molecule has 1 aromatic carbocycles. The third-order valence-corrected chi connectivity index (χ3v) is 2.05. The van der Waals surface area contributed by atoms with Crippen molar-refractivity contribution in [2.75, 3.05) is 19.0 Å². The van der Waals surface area contributed by atoms with E-state index in [9.17, 15) is 0 Å². The Labute approximate surface area is 89.2 Å². The van der Waals surface area contributed by atoms with Crippen LogP contribution < -0.4 is 10.1 Å². The second-order valence-electron chi connectivity index (χ2n) is 2.63. The fraction of sp³-hybridized carbons (Fsp3) is 0.273. The third-order valence-electron chi connectivity index (χ3n) is 1.72. The molecule has 0 bridgehead atoms. The van der Waals surface area contributed by atoms with Gasteiger partial charge in [-0.1, -0.05) is 17.5 Å². The SMILES string of the molecule is CC#CCNc1cc(OC)ccc1Cl. The molecule has 0 saturated heterocycles. The van der Waals surface area contributed by atoms with Gasteiger partial charge in [0.15, 0.2) is 0 Å². The van der Waals surface area contributed by atoms with Gasteiger partial charge in [0.2, 0.25) is 0 Å². The Bertz CT molecular complexity index is 365. The van der Waals surface area contributed by atoms with Crippen LogP contribution in [0, 0.1) is 11.8 Å². The van der Waals surface area contributed by atoms with Crippen molar-refractivity contribution in [3.8, 4) is 17.6 Å². The van der Waals surface area contributed by atoms with Crippen molar-refractivity contribution in [1.29, 1.82) is 0 Å². The van der Waals surface area contributed by atoms with Gasteiger partial charge < -0.3 is 10.1 Å². The highest BCUT2D eigenvalue weighted by Crippen LogP contribution is 2.26. The van der Waals surface area contributed by atoms with Crippen molar-refractivity contribution < 1.29 is 4.74 Å². The van der Waals surface area contributed by atoms with E-state index >= 15 is 0 Å². The predicted octanol–water partition coefficient (Wildman–Crippen LogP) is 2.78. The molecule has 1 aromatic rings. The highest BCUT2D eigenvalue weighted by Gasteiger charge is 2.00. The first-order chi connectivity index (χ1) is 6.77. The van der Waals surface area contributed by atoms with Gasteiger partial charge in [-0.25, -0.2) is 0 Å². The molecule has 0 radical (unpaired) electrons. The van der Waals surface area contributed by atoms with Crippen LogP contribution in [0.15, 0.2) is 18.2 Å². The summed E-state index contributed by atoms with van der Waals surface area (Å²) in [5.41, 5.74) is 0.841. The van der Waals surface area contributed by atoms with Crippen LogP contribution in [0.5, 0.6) is 5.75 Å². The molecule has 14 heavy (non-hydrogen) atoms. The number of methoxy groups -OCH3 is 1. The summed E-state index contributed by atoms with van der Waals surface area (Å²) in [6.45, 7) is 2.39. The number of hydrogen-bond acceptors (Lipinski definition) is 2. The van der Waals surface area contributed by atoms with Crippen LogP contribution in [0.3, 0.4) is 0 Å². The van der Waals surface area contributed by atoms with Gasteiger partial charge in [0, 0.05) is 6.07 Å². The van der Waals surface area contributed by atoms with Crippen LogP contribution in [-0.2, 0) is 0 Å². The van der Waals surface area contributed by atoms with Gasteiger partial charge in [-0.15, -0.1) is 5.92 Å². The van der Waals surface area contributed by atoms with Crippen LogP contribution in [0.2, 0.25) is 5.02 Å². The van der Waals surface area contributed by atoms with E-state index in [-0.39, 0.29) is 0 Å². The molecule has 0 spiro atoms. The van der Waals surface area contributed by atoms with Crippen molar-refractivity contribution >= 4 is 17.3 Å². The van der Waals surface area contributed by atoms with Crippen molar-refractivity contribution in [3.05, 3.63) is 23.2 Å². The maximum absolute atomic E-state index is 5.97. The van der Waals surface area contributed by atoms with Crippen molar-refractivity contribution in [2.45, 2.75) is 6.92 Å². The lowest BCUT2D eigenvalue weighted by Gasteiger charge is -2.07. The van der Waals surface area contributed by atoms with Gasteiger partial charge in [0.05, 0.1) is 24.4 Å². The fourth-order valence-corrected chi connectivity index (χ4v) is 1.18. The minimum absolute atomic E-state index is 0.587. The topological polar surface area (TPSA) is 21.3 Å². The largest absolute Gasteiger partial charge is 0.497 e. The lowest BCUT2D eigenvalue weighted by atomic mass is 10.3. The van der Waals surface area contributed by atoms with Gasteiger partial charge in [-0.2, -0.15) is 0 Å². The summed E-state index contributed by atoms with van der Waals surface area (Å²) in [5, 5.41) is 3.77. The molecule has 0 aliphatic carbocycles. The first-order valence-electron chi connectivity index (χ1n) is 4.25. The Kier molecular flexibility index (Phi) is 4.15. The maximum atomic E-state index is 5.97.